The summed E-state index contributed by atoms with van der Waals surface area (Å²) in [6, 6.07) is 5.83. The number of carboxylic acids is 1. The predicted octanol–water partition coefficient (Wildman–Crippen LogP) is 1.92. The summed E-state index contributed by atoms with van der Waals surface area (Å²) in [6.45, 7) is 4.18. The Morgan fingerprint density at radius 3 is 2.76 bits per heavy atom. The molecule has 6 heteroatoms. The van der Waals surface area contributed by atoms with Crippen molar-refractivity contribution in [1.29, 1.82) is 0 Å². The molecular weight excluding hydrogens is 272 g/mol. The standard InChI is InChI=1S/C15H20N2O4/c1-9(2)7-11(14(18)19)16-15(20)17-12-8-21-13-6-4-3-5-10(12)13/h3-6,9,11-12H,7-8H2,1-2H3,(H,18,19)(H2,16,17,20). The van der Waals surface area contributed by atoms with Crippen LogP contribution in [0.1, 0.15) is 31.9 Å². The summed E-state index contributed by atoms with van der Waals surface area (Å²) < 4.78 is 5.47. The number of amides is 2. The van der Waals surface area contributed by atoms with Gasteiger partial charge in [-0.2, -0.15) is 0 Å². The van der Waals surface area contributed by atoms with E-state index in [2.05, 4.69) is 10.6 Å². The van der Waals surface area contributed by atoms with Gasteiger partial charge in [0.15, 0.2) is 0 Å². The largest absolute Gasteiger partial charge is 0.491 e. The number of rotatable bonds is 5. The third kappa shape index (κ3) is 3.87. The molecular formula is C15H20N2O4. The molecule has 0 aliphatic carbocycles. The summed E-state index contributed by atoms with van der Waals surface area (Å²) in [6.07, 6.45) is 0.389. The molecule has 0 fully saturated rings. The van der Waals surface area contributed by atoms with Gasteiger partial charge in [0.1, 0.15) is 18.4 Å². The Morgan fingerprint density at radius 2 is 2.10 bits per heavy atom. The van der Waals surface area contributed by atoms with Crippen molar-refractivity contribution in [3.8, 4) is 5.75 Å². The van der Waals surface area contributed by atoms with E-state index in [1.165, 1.54) is 0 Å². The number of ether oxygens (including phenoxy) is 1. The SMILES string of the molecule is CC(C)CC(NC(=O)NC1COc2ccccc21)C(=O)O. The molecule has 0 saturated heterocycles. The zero-order chi connectivity index (χ0) is 15.4. The molecule has 0 radical (unpaired) electrons. The average molecular weight is 292 g/mol. The maximum absolute atomic E-state index is 12.0. The second-order valence-electron chi connectivity index (χ2n) is 5.54. The molecule has 2 amide bonds. The molecule has 0 bridgehead atoms. The highest BCUT2D eigenvalue weighted by Gasteiger charge is 2.27. The highest BCUT2D eigenvalue weighted by molar-refractivity contribution is 5.82. The number of urea groups is 1. The first-order valence-corrected chi connectivity index (χ1v) is 6.99. The van der Waals surface area contributed by atoms with Gasteiger partial charge in [0.05, 0.1) is 6.04 Å². The number of benzene rings is 1. The van der Waals surface area contributed by atoms with Crippen molar-refractivity contribution in [3.05, 3.63) is 29.8 Å². The predicted molar refractivity (Wildman–Crippen MR) is 77.2 cm³/mol. The zero-order valence-electron chi connectivity index (χ0n) is 12.1. The van der Waals surface area contributed by atoms with Crippen LogP contribution in [-0.4, -0.2) is 29.8 Å². The van der Waals surface area contributed by atoms with E-state index in [-0.39, 0.29) is 12.0 Å². The van der Waals surface area contributed by atoms with Crippen LogP contribution in [0, 0.1) is 5.92 Å². The summed E-state index contributed by atoms with van der Waals surface area (Å²) in [5, 5.41) is 14.4. The lowest BCUT2D eigenvalue weighted by Gasteiger charge is -2.18. The maximum Gasteiger partial charge on any atom is 0.326 e. The van der Waals surface area contributed by atoms with Gasteiger partial charge < -0.3 is 20.5 Å². The van der Waals surface area contributed by atoms with Crippen molar-refractivity contribution in [1.82, 2.24) is 10.6 Å². The molecule has 1 heterocycles. The quantitative estimate of drug-likeness (QED) is 0.773. The van der Waals surface area contributed by atoms with Gasteiger partial charge in [-0.15, -0.1) is 0 Å². The third-order valence-electron chi connectivity index (χ3n) is 3.32. The normalized spacial score (nSPS) is 17.8. The van der Waals surface area contributed by atoms with Crippen LogP contribution in [0.2, 0.25) is 0 Å². The lowest BCUT2D eigenvalue weighted by atomic mass is 10.0. The highest BCUT2D eigenvalue weighted by Crippen LogP contribution is 2.31. The zero-order valence-corrected chi connectivity index (χ0v) is 12.1. The number of nitrogens with one attached hydrogen (secondary N) is 2. The van der Waals surface area contributed by atoms with Crippen LogP contribution < -0.4 is 15.4 Å². The van der Waals surface area contributed by atoms with E-state index in [1.807, 2.05) is 38.1 Å². The van der Waals surface area contributed by atoms with Crippen molar-refractivity contribution in [2.75, 3.05) is 6.61 Å². The lowest BCUT2D eigenvalue weighted by Crippen LogP contribution is -2.47. The smallest absolute Gasteiger partial charge is 0.326 e. The molecule has 0 aromatic heterocycles. The Bertz CT molecular complexity index is 530. The van der Waals surface area contributed by atoms with Crippen molar-refractivity contribution >= 4 is 12.0 Å². The molecule has 1 aliphatic rings. The van der Waals surface area contributed by atoms with Gasteiger partial charge in [0, 0.05) is 5.56 Å². The second kappa shape index (κ2) is 6.47. The molecule has 3 N–H and O–H groups in total. The Balaban J connectivity index is 1.94. The topological polar surface area (TPSA) is 87.7 Å². The number of carboxylic acid groups (broad SMARTS) is 1. The molecule has 2 unspecified atom stereocenters. The van der Waals surface area contributed by atoms with Crippen LogP contribution in [0.15, 0.2) is 24.3 Å². The van der Waals surface area contributed by atoms with Crippen LogP contribution in [0.5, 0.6) is 5.75 Å². The number of para-hydroxylation sites is 1. The number of fused-ring (bicyclic) bond motifs is 1. The van der Waals surface area contributed by atoms with E-state index in [1.54, 1.807) is 0 Å². The minimum absolute atomic E-state index is 0.182. The maximum atomic E-state index is 12.0. The van der Waals surface area contributed by atoms with Gasteiger partial charge >= 0.3 is 12.0 Å². The van der Waals surface area contributed by atoms with E-state index in [9.17, 15) is 9.59 Å². The lowest BCUT2D eigenvalue weighted by molar-refractivity contribution is -0.139. The number of hydrogen-bond acceptors (Lipinski definition) is 3. The van der Waals surface area contributed by atoms with E-state index >= 15 is 0 Å². The van der Waals surface area contributed by atoms with Gasteiger partial charge in [-0.25, -0.2) is 9.59 Å². The highest BCUT2D eigenvalue weighted by atomic mass is 16.5. The summed E-state index contributed by atoms with van der Waals surface area (Å²) in [7, 11) is 0. The van der Waals surface area contributed by atoms with E-state index in [4.69, 9.17) is 9.84 Å². The van der Waals surface area contributed by atoms with Crippen molar-refractivity contribution < 1.29 is 19.4 Å². The number of carbonyl (C=O) groups excluding carboxylic acids is 1. The second-order valence-corrected chi connectivity index (χ2v) is 5.54. The molecule has 21 heavy (non-hydrogen) atoms. The van der Waals surface area contributed by atoms with Gasteiger partial charge in [-0.1, -0.05) is 32.0 Å². The number of aliphatic carboxylic acids is 1. The van der Waals surface area contributed by atoms with E-state index in [0.717, 1.165) is 11.3 Å². The molecule has 1 aromatic rings. The van der Waals surface area contributed by atoms with E-state index in [0.29, 0.717) is 13.0 Å². The summed E-state index contributed by atoms with van der Waals surface area (Å²) in [5.74, 6) is -0.0939. The first-order chi connectivity index (χ1) is 9.97. The molecule has 1 aliphatic heterocycles. The van der Waals surface area contributed by atoms with Gasteiger partial charge in [0.25, 0.3) is 0 Å². The minimum Gasteiger partial charge on any atom is -0.491 e. The minimum atomic E-state index is -1.03. The van der Waals surface area contributed by atoms with Gasteiger partial charge in [-0.3, -0.25) is 0 Å². The summed E-state index contributed by atoms with van der Waals surface area (Å²) in [5.41, 5.74) is 0.906. The molecule has 2 rings (SSSR count). The van der Waals surface area contributed by atoms with Crippen molar-refractivity contribution in [2.45, 2.75) is 32.4 Å². The monoisotopic (exact) mass is 292 g/mol. The van der Waals surface area contributed by atoms with Crippen molar-refractivity contribution in [2.24, 2.45) is 5.92 Å². The van der Waals surface area contributed by atoms with Gasteiger partial charge in [-0.05, 0) is 18.4 Å². The molecule has 6 nitrogen and oxygen atoms in total. The fraction of sp³-hybridized carbons (Fsp3) is 0.467. The third-order valence-corrected chi connectivity index (χ3v) is 3.32. The molecule has 0 saturated carbocycles. The fourth-order valence-electron chi connectivity index (χ4n) is 2.33. The molecule has 2 atom stereocenters. The van der Waals surface area contributed by atoms with Crippen LogP contribution in [0.25, 0.3) is 0 Å². The average Bonchev–Trinajstić information content (AvgIpc) is 2.81. The summed E-state index contributed by atoms with van der Waals surface area (Å²) in [4.78, 5) is 23.1. The number of carbonyl (C=O) groups is 2. The fourth-order valence-corrected chi connectivity index (χ4v) is 2.33. The Morgan fingerprint density at radius 1 is 1.38 bits per heavy atom. The Kier molecular flexibility index (Phi) is 4.67. The first kappa shape index (κ1) is 15.2. The van der Waals surface area contributed by atoms with Crippen LogP contribution in [-0.2, 0) is 4.79 Å². The molecule has 114 valence electrons. The van der Waals surface area contributed by atoms with Gasteiger partial charge in [0.2, 0.25) is 0 Å². The number of hydrogen-bond donors (Lipinski definition) is 3. The van der Waals surface area contributed by atoms with Crippen LogP contribution in [0.4, 0.5) is 4.79 Å². The first-order valence-electron chi connectivity index (χ1n) is 6.99. The molecule has 1 aromatic carbocycles. The summed E-state index contributed by atoms with van der Waals surface area (Å²) >= 11 is 0. The van der Waals surface area contributed by atoms with E-state index < -0.39 is 18.0 Å². The Labute approximate surface area is 123 Å². The molecule has 0 spiro atoms. The van der Waals surface area contributed by atoms with Crippen LogP contribution >= 0.6 is 0 Å². The Hall–Kier alpha value is -2.24. The van der Waals surface area contributed by atoms with Crippen molar-refractivity contribution in [3.63, 3.8) is 0 Å². The van der Waals surface area contributed by atoms with Crippen LogP contribution in [0.3, 0.4) is 0 Å².